The molecule has 3 rings (SSSR count). The number of anilines is 1. The van der Waals surface area contributed by atoms with Gasteiger partial charge in [-0.15, -0.1) is 0 Å². The van der Waals surface area contributed by atoms with Crippen molar-refractivity contribution in [2.24, 2.45) is 17.5 Å². The summed E-state index contributed by atoms with van der Waals surface area (Å²) < 4.78 is 74.0. The molecule has 1 aromatic carbocycles. The number of aryl methyl sites for hydroxylation is 1. The van der Waals surface area contributed by atoms with Crippen LogP contribution >= 0.6 is 0 Å². The molecule has 528 valence electrons. The highest BCUT2D eigenvalue weighted by molar-refractivity contribution is 6.15. The second-order valence-electron chi connectivity index (χ2n) is 20.3. The number of carbonyl (C=O) groups is 7. The number of carboxylic acid groups (broad SMARTS) is 1. The summed E-state index contributed by atoms with van der Waals surface area (Å²) in [4.78, 5) is 89.9. The number of rotatable bonds is 51. The second-order valence-corrected chi connectivity index (χ2v) is 20.3. The Balaban J connectivity index is 0.00000172. The molecular weight excluding hydrogens is 1210 g/mol. The number of nitrogens with one attached hydrogen (secondary N) is 3. The fraction of sp³-hybridized carbons (Fsp3) is 0.721. The SMILES string of the molecule is CC.CCOCCOCCOCCOCCOCCOC.COCCOCCOCCOCCOCCOCCN(N)/C=C(\N)CC(C(=O)NC(C(=O)NCC(=O)Nc1ccc(COC(C)=O)c(CCC2CC(O)[C@H](O)C(C(=O)O)O2)c1)C(C)C)N1C(=O)C=CC1=O. The highest BCUT2D eigenvalue weighted by Gasteiger charge is 2.41. The molecule has 1 saturated heterocycles. The van der Waals surface area contributed by atoms with Gasteiger partial charge in [-0.1, -0.05) is 33.8 Å². The van der Waals surface area contributed by atoms with E-state index >= 15 is 0 Å². The molecule has 2 heterocycles. The van der Waals surface area contributed by atoms with Crippen LogP contribution < -0.4 is 27.5 Å². The first-order chi connectivity index (χ1) is 44.3. The van der Waals surface area contributed by atoms with Gasteiger partial charge < -0.3 is 108 Å². The predicted octanol–water partition coefficient (Wildman–Crippen LogP) is -0.00750. The molecule has 10 N–H and O–H groups in total. The fourth-order valence-corrected chi connectivity index (χ4v) is 8.22. The number of aliphatic carboxylic acids is 1. The van der Waals surface area contributed by atoms with E-state index in [-0.39, 0.29) is 57.7 Å². The summed E-state index contributed by atoms with van der Waals surface area (Å²) in [5.74, 6) is -0.214. The molecule has 0 radical (unpaired) electrons. The highest BCUT2D eigenvalue weighted by Crippen LogP contribution is 2.26. The van der Waals surface area contributed by atoms with E-state index in [4.69, 9.17) is 77.9 Å². The number of methoxy groups -OCH3 is 2. The van der Waals surface area contributed by atoms with E-state index < -0.39 is 90.4 Å². The van der Waals surface area contributed by atoms with Crippen molar-refractivity contribution in [1.29, 1.82) is 0 Å². The Morgan fingerprint density at radius 1 is 0.707 bits per heavy atom. The van der Waals surface area contributed by atoms with Gasteiger partial charge in [-0.05, 0) is 48.9 Å². The first-order valence-corrected chi connectivity index (χ1v) is 31.0. The van der Waals surface area contributed by atoms with Crippen molar-refractivity contribution in [3.05, 3.63) is 53.4 Å². The van der Waals surface area contributed by atoms with Gasteiger partial charge in [0.1, 0.15) is 24.8 Å². The lowest BCUT2D eigenvalue weighted by atomic mass is 9.93. The summed E-state index contributed by atoms with van der Waals surface area (Å²) >= 11 is 0. The zero-order chi connectivity index (χ0) is 68.3. The van der Waals surface area contributed by atoms with Gasteiger partial charge in [0.25, 0.3) is 11.8 Å². The summed E-state index contributed by atoms with van der Waals surface area (Å²) in [6, 6.07) is 2.04. The molecule has 0 saturated carbocycles. The lowest BCUT2D eigenvalue weighted by molar-refractivity contribution is -0.193. The zero-order valence-electron chi connectivity index (χ0n) is 55.0. The summed E-state index contributed by atoms with van der Waals surface area (Å²) in [5.41, 5.74) is 7.77. The van der Waals surface area contributed by atoms with Gasteiger partial charge in [0.2, 0.25) is 17.7 Å². The molecule has 2 aliphatic heterocycles. The third kappa shape index (κ3) is 39.0. The minimum absolute atomic E-state index is 0.0257. The molecule has 1 aromatic rings. The van der Waals surface area contributed by atoms with Crippen LogP contribution in [0.25, 0.3) is 0 Å². The lowest BCUT2D eigenvalue weighted by Crippen LogP contribution is -2.57. The summed E-state index contributed by atoms with van der Waals surface area (Å²) in [6.45, 7) is 21.1. The molecule has 0 aliphatic carbocycles. The highest BCUT2D eigenvalue weighted by atomic mass is 16.6. The van der Waals surface area contributed by atoms with E-state index in [1.807, 2.05) is 20.8 Å². The number of imide groups is 1. The van der Waals surface area contributed by atoms with E-state index in [0.717, 1.165) is 23.7 Å². The molecular formula is C61H105N7O24. The van der Waals surface area contributed by atoms with Crippen molar-refractivity contribution in [2.45, 2.75) is 110 Å². The number of hydrazine groups is 1. The summed E-state index contributed by atoms with van der Waals surface area (Å²) in [7, 11) is 3.26. The van der Waals surface area contributed by atoms with E-state index in [1.165, 1.54) is 18.1 Å². The summed E-state index contributed by atoms with van der Waals surface area (Å²) in [5, 5.41) is 38.7. The number of hydrogen-bond acceptors (Lipinski definition) is 26. The van der Waals surface area contributed by atoms with Crippen molar-refractivity contribution in [2.75, 3.05) is 178 Å². The number of aliphatic hydroxyl groups is 2. The van der Waals surface area contributed by atoms with Crippen molar-refractivity contribution in [1.82, 2.24) is 20.5 Å². The minimum Gasteiger partial charge on any atom is -0.479 e. The van der Waals surface area contributed by atoms with E-state index in [0.29, 0.717) is 142 Å². The quantitative estimate of drug-likeness (QED) is 0.0140. The Kier molecular flexibility index (Phi) is 49.0. The molecule has 5 amide bonds. The van der Waals surface area contributed by atoms with Crippen molar-refractivity contribution >= 4 is 47.2 Å². The third-order valence-electron chi connectivity index (χ3n) is 12.9. The number of esters is 1. The molecule has 1 fully saturated rings. The third-order valence-corrected chi connectivity index (χ3v) is 12.9. The number of ether oxygens (including phenoxy) is 14. The van der Waals surface area contributed by atoms with Crippen molar-refractivity contribution in [3.63, 3.8) is 0 Å². The second kappa shape index (κ2) is 53.5. The van der Waals surface area contributed by atoms with Crippen LogP contribution in [0, 0.1) is 5.92 Å². The molecule has 6 atom stereocenters. The normalized spacial score (nSPS) is 16.9. The van der Waals surface area contributed by atoms with Gasteiger partial charge in [-0.2, -0.15) is 0 Å². The van der Waals surface area contributed by atoms with Crippen LogP contribution in [0.2, 0.25) is 0 Å². The van der Waals surface area contributed by atoms with Gasteiger partial charge in [0, 0.05) is 70.3 Å². The number of aliphatic hydroxyl groups excluding tert-OH is 2. The molecule has 0 aromatic heterocycles. The monoisotopic (exact) mass is 1320 g/mol. The molecule has 0 bridgehead atoms. The molecule has 31 heteroatoms. The first-order valence-electron chi connectivity index (χ1n) is 31.0. The first kappa shape index (κ1) is 84.2. The lowest BCUT2D eigenvalue weighted by Gasteiger charge is -2.35. The average molecular weight is 1320 g/mol. The smallest absolute Gasteiger partial charge is 0.335 e. The predicted molar refractivity (Wildman–Crippen MR) is 333 cm³/mol. The Morgan fingerprint density at radius 3 is 1.62 bits per heavy atom. The molecule has 31 nitrogen and oxygen atoms in total. The number of carbonyl (C=O) groups excluding carboxylic acids is 6. The standard InChI is InChI=1S/C46H71N7O18.C13H28O6.C2H6/c1-29(2)41(45(61)49-26-38(56)50-34-7-5-32(28-70-30(3)54)31(23-34)6-8-35-25-37(55)42(59)43(71-35)46(62)63)51-44(60)36(53-39(57)9-10-40(53)58)24-33(47)27-52(48)11-12-65-15-16-67-19-20-69-22-21-68-18-17-66-14-13-64-4;1-3-15-6-7-17-10-11-19-13-12-18-9-8-16-5-4-14-2;1-2/h5,7,9-10,23,27,29,35-37,41-43,55,59H,6,8,11-22,24-26,28,47-48H2,1-4H3,(H,49,61)(H,50,56)(H,51,60)(H,62,63);3-13H2,1-2H3;1-2H3/b33-27-;;/t35?,36?,37?,41?,42-,43?;;/m0../s1. The molecule has 92 heavy (non-hydrogen) atoms. The zero-order valence-corrected chi connectivity index (χ0v) is 55.0. The van der Waals surface area contributed by atoms with E-state index in [2.05, 4.69) is 16.0 Å². The average Bonchev–Trinajstić information content (AvgIpc) is 1.78. The van der Waals surface area contributed by atoms with Gasteiger partial charge in [0.15, 0.2) is 6.10 Å². The van der Waals surface area contributed by atoms with E-state index in [1.54, 1.807) is 46.3 Å². The summed E-state index contributed by atoms with van der Waals surface area (Å²) in [6.07, 6.45) is -1.87. The Bertz CT molecular complexity index is 2230. The van der Waals surface area contributed by atoms with Gasteiger partial charge in [-0.3, -0.25) is 33.7 Å². The number of amides is 5. The van der Waals surface area contributed by atoms with Crippen molar-refractivity contribution in [3.8, 4) is 0 Å². The Labute approximate surface area is 540 Å². The maximum Gasteiger partial charge on any atom is 0.335 e. The number of carboxylic acids is 1. The number of benzene rings is 1. The van der Waals surface area contributed by atoms with Crippen LogP contribution in [0.5, 0.6) is 0 Å². The minimum atomic E-state index is -1.62. The van der Waals surface area contributed by atoms with Gasteiger partial charge in [-0.25, -0.2) is 10.6 Å². The maximum atomic E-state index is 13.9. The Hall–Kier alpha value is -5.85. The molecule has 5 unspecified atom stereocenters. The molecule has 0 spiro atoms. The Morgan fingerprint density at radius 2 is 1.17 bits per heavy atom. The largest absolute Gasteiger partial charge is 0.479 e. The maximum absolute atomic E-state index is 13.9. The van der Waals surface area contributed by atoms with Crippen LogP contribution in [-0.4, -0.2) is 276 Å². The van der Waals surface area contributed by atoms with Crippen LogP contribution in [0.1, 0.15) is 71.9 Å². The number of nitrogens with two attached hydrogens (primary N) is 2. The van der Waals surface area contributed by atoms with Crippen molar-refractivity contribution < 1.29 is 115 Å². The number of nitrogens with zero attached hydrogens (tertiary/aromatic N) is 2. The topological polar surface area (TPSA) is 404 Å². The van der Waals surface area contributed by atoms with Gasteiger partial charge >= 0.3 is 11.9 Å². The van der Waals surface area contributed by atoms with Crippen LogP contribution in [-0.2, 0) is 113 Å². The number of hydrogen-bond donors (Lipinski definition) is 8. The van der Waals surface area contributed by atoms with Crippen LogP contribution in [0.3, 0.4) is 0 Å². The van der Waals surface area contributed by atoms with Gasteiger partial charge in [0.05, 0.1) is 164 Å². The fourth-order valence-electron chi connectivity index (χ4n) is 8.22. The van der Waals surface area contributed by atoms with E-state index in [9.17, 15) is 48.9 Å². The molecule has 2 aliphatic rings. The van der Waals surface area contributed by atoms with Crippen LogP contribution in [0.4, 0.5) is 5.69 Å². The van der Waals surface area contributed by atoms with Crippen LogP contribution in [0.15, 0.2) is 42.2 Å².